The van der Waals surface area contributed by atoms with Crippen LogP contribution >= 0.6 is 27.5 Å². The first-order valence-corrected chi connectivity index (χ1v) is 7.46. The van der Waals surface area contributed by atoms with Crippen molar-refractivity contribution in [3.05, 3.63) is 75.6 Å². The molecule has 0 bridgehead atoms. The molecule has 0 spiro atoms. The Hall–Kier alpha value is -1.32. The van der Waals surface area contributed by atoms with Gasteiger partial charge in [0.15, 0.2) is 0 Å². The Labute approximate surface area is 133 Å². The van der Waals surface area contributed by atoms with Gasteiger partial charge in [-0.1, -0.05) is 35.9 Å². The van der Waals surface area contributed by atoms with Gasteiger partial charge in [0.25, 0.3) is 0 Å². The van der Waals surface area contributed by atoms with E-state index in [0.29, 0.717) is 0 Å². The Bertz CT molecular complexity index is 594. The van der Waals surface area contributed by atoms with Crippen molar-refractivity contribution in [1.82, 2.24) is 9.88 Å². The summed E-state index contributed by atoms with van der Waals surface area (Å²) in [4.78, 5) is 6.58. The van der Waals surface area contributed by atoms with E-state index in [2.05, 4.69) is 27.0 Å². The van der Waals surface area contributed by atoms with Crippen LogP contribution in [0.2, 0.25) is 5.02 Å². The van der Waals surface area contributed by atoms with Crippen molar-refractivity contribution < 1.29 is 0 Å². The second-order valence-corrected chi connectivity index (χ2v) is 5.97. The van der Waals surface area contributed by atoms with Gasteiger partial charge in [0.05, 0.1) is 5.69 Å². The maximum Gasteiger partial charge on any atom is 0.106 e. The van der Waals surface area contributed by atoms with Crippen molar-refractivity contribution in [3.8, 4) is 0 Å². The van der Waals surface area contributed by atoms with Crippen molar-refractivity contribution in [3.63, 3.8) is 0 Å². The molecule has 2 nitrogen and oxygen atoms in total. The number of hydrogen-bond acceptors (Lipinski definition) is 2. The fourth-order valence-electron chi connectivity index (χ4n) is 1.91. The molecule has 0 radical (unpaired) electrons. The van der Waals surface area contributed by atoms with Crippen molar-refractivity contribution in [2.45, 2.75) is 5.92 Å². The highest BCUT2D eigenvalue weighted by Gasteiger charge is 2.13. The van der Waals surface area contributed by atoms with Crippen molar-refractivity contribution in [1.29, 1.82) is 0 Å². The molecule has 1 aromatic carbocycles. The third-order valence-corrected chi connectivity index (χ3v) is 3.55. The van der Waals surface area contributed by atoms with Crippen LogP contribution in [0.15, 0.2) is 59.3 Å². The molecule has 1 atom stereocenters. The molecule has 0 aliphatic carbocycles. The van der Waals surface area contributed by atoms with Gasteiger partial charge in [-0.15, -0.1) is 0 Å². The highest BCUT2D eigenvalue weighted by Crippen LogP contribution is 2.27. The minimum absolute atomic E-state index is 0.104. The van der Waals surface area contributed by atoms with Crippen LogP contribution in [0, 0.1) is 0 Å². The maximum atomic E-state index is 5.97. The Kier molecular flexibility index (Phi) is 5.21. The number of aromatic nitrogens is 1. The molecule has 0 N–H and O–H groups in total. The Morgan fingerprint density at radius 3 is 2.45 bits per heavy atom. The van der Waals surface area contributed by atoms with E-state index in [1.54, 1.807) is 0 Å². The van der Waals surface area contributed by atoms with Crippen molar-refractivity contribution in [2.75, 3.05) is 14.1 Å². The summed E-state index contributed by atoms with van der Waals surface area (Å²) < 4.78 is 0.840. The molecule has 2 rings (SSSR count). The Morgan fingerprint density at radius 2 is 1.85 bits per heavy atom. The first kappa shape index (κ1) is 15.1. The Balaban J connectivity index is 2.41. The summed E-state index contributed by atoms with van der Waals surface area (Å²) >= 11 is 9.39. The van der Waals surface area contributed by atoms with E-state index < -0.39 is 0 Å². The summed E-state index contributed by atoms with van der Waals surface area (Å²) in [6, 6.07) is 13.9. The number of halogens is 2. The molecule has 1 aromatic heterocycles. The lowest BCUT2D eigenvalue weighted by Gasteiger charge is -2.15. The summed E-state index contributed by atoms with van der Waals surface area (Å²) in [7, 11) is 4.01. The first-order chi connectivity index (χ1) is 9.56. The Morgan fingerprint density at radius 1 is 1.15 bits per heavy atom. The van der Waals surface area contributed by atoms with E-state index in [1.165, 1.54) is 0 Å². The largest absolute Gasteiger partial charge is 0.384 e. The van der Waals surface area contributed by atoms with Gasteiger partial charge in [-0.2, -0.15) is 0 Å². The van der Waals surface area contributed by atoms with Crippen LogP contribution in [-0.2, 0) is 0 Å². The third-order valence-electron chi connectivity index (χ3n) is 2.86. The molecule has 0 aliphatic rings. The number of hydrogen-bond donors (Lipinski definition) is 0. The van der Waals surface area contributed by atoms with Crippen LogP contribution in [-0.4, -0.2) is 24.0 Å². The normalized spacial score (nSPS) is 12.6. The molecule has 4 heteroatoms. The van der Waals surface area contributed by atoms with Crippen LogP contribution in [0.1, 0.15) is 17.2 Å². The molecule has 0 aliphatic heterocycles. The number of pyridine rings is 1. The summed E-state index contributed by atoms with van der Waals surface area (Å²) in [5.74, 6) is 0.104. The molecule has 1 heterocycles. The van der Waals surface area contributed by atoms with Gasteiger partial charge >= 0.3 is 0 Å². The van der Waals surface area contributed by atoms with E-state index >= 15 is 0 Å². The van der Waals surface area contributed by atoms with Crippen LogP contribution in [0.4, 0.5) is 0 Å². The van der Waals surface area contributed by atoms with Gasteiger partial charge in [-0.3, -0.25) is 0 Å². The van der Waals surface area contributed by atoms with Crippen molar-refractivity contribution >= 4 is 27.5 Å². The number of benzene rings is 1. The average Bonchev–Trinajstić information content (AvgIpc) is 2.41. The zero-order valence-electron chi connectivity index (χ0n) is 11.4. The van der Waals surface area contributed by atoms with Gasteiger partial charge in [-0.05, 0) is 52.0 Å². The van der Waals surface area contributed by atoms with Gasteiger partial charge < -0.3 is 4.90 Å². The number of allylic oxidation sites excluding steroid dienone is 1. The molecule has 0 saturated carbocycles. The maximum absolute atomic E-state index is 5.97. The molecular formula is C16H16BrClN2. The van der Waals surface area contributed by atoms with Gasteiger partial charge in [0.2, 0.25) is 0 Å². The van der Waals surface area contributed by atoms with Crippen LogP contribution in [0.3, 0.4) is 0 Å². The minimum Gasteiger partial charge on any atom is -0.384 e. The van der Waals surface area contributed by atoms with Crippen molar-refractivity contribution in [2.24, 2.45) is 0 Å². The van der Waals surface area contributed by atoms with Crippen LogP contribution < -0.4 is 0 Å². The SMILES string of the molecule is CN(C)C=CC(c1ccc(Cl)cc1)c1cccc(Br)n1. The number of nitrogens with zero attached hydrogens (tertiary/aromatic N) is 2. The summed E-state index contributed by atoms with van der Waals surface area (Å²) in [5.41, 5.74) is 2.16. The monoisotopic (exact) mass is 350 g/mol. The second-order valence-electron chi connectivity index (χ2n) is 4.72. The van der Waals surface area contributed by atoms with E-state index in [4.69, 9.17) is 11.6 Å². The van der Waals surface area contributed by atoms with E-state index in [0.717, 1.165) is 20.9 Å². The zero-order valence-corrected chi connectivity index (χ0v) is 13.8. The summed E-state index contributed by atoms with van der Waals surface area (Å²) in [6.45, 7) is 0. The lowest BCUT2D eigenvalue weighted by Crippen LogP contribution is -2.05. The van der Waals surface area contributed by atoms with Gasteiger partial charge in [0, 0.05) is 25.0 Å². The highest BCUT2D eigenvalue weighted by atomic mass is 79.9. The standard InChI is InChI=1S/C16H16BrClN2/c1-20(2)11-10-14(12-6-8-13(18)9-7-12)15-4-3-5-16(17)19-15/h3-11,14H,1-2H3. The minimum atomic E-state index is 0.104. The number of rotatable bonds is 4. The lowest BCUT2D eigenvalue weighted by atomic mass is 9.95. The summed E-state index contributed by atoms with van der Waals surface area (Å²) in [6.07, 6.45) is 4.18. The van der Waals surface area contributed by atoms with Gasteiger partial charge in [-0.25, -0.2) is 4.98 Å². The van der Waals surface area contributed by atoms with E-state index in [9.17, 15) is 0 Å². The molecule has 0 amide bonds. The summed E-state index contributed by atoms with van der Waals surface area (Å²) in [5, 5.41) is 0.742. The van der Waals surface area contributed by atoms with Crippen LogP contribution in [0.25, 0.3) is 0 Å². The first-order valence-electron chi connectivity index (χ1n) is 6.29. The smallest absolute Gasteiger partial charge is 0.106 e. The molecule has 0 fully saturated rings. The zero-order chi connectivity index (χ0) is 14.5. The van der Waals surface area contributed by atoms with E-state index in [-0.39, 0.29) is 5.92 Å². The van der Waals surface area contributed by atoms with Gasteiger partial charge in [0.1, 0.15) is 4.60 Å². The topological polar surface area (TPSA) is 16.1 Å². The lowest BCUT2D eigenvalue weighted by molar-refractivity contribution is 0.560. The molecule has 20 heavy (non-hydrogen) atoms. The van der Waals surface area contributed by atoms with E-state index in [1.807, 2.05) is 67.7 Å². The average molecular weight is 352 g/mol. The fraction of sp³-hybridized carbons (Fsp3) is 0.188. The predicted octanol–water partition coefficient (Wildman–Crippen LogP) is 4.70. The quantitative estimate of drug-likeness (QED) is 0.742. The molecule has 2 aromatic rings. The predicted molar refractivity (Wildman–Crippen MR) is 88.1 cm³/mol. The van der Waals surface area contributed by atoms with Crippen LogP contribution in [0.5, 0.6) is 0 Å². The molecule has 1 unspecified atom stereocenters. The fourth-order valence-corrected chi connectivity index (χ4v) is 2.39. The highest BCUT2D eigenvalue weighted by molar-refractivity contribution is 9.10. The molecule has 0 saturated heterocycles. The second kappa shape index (κ2) is 6.91. The third kappa shape index (κ3) is 4.09. The molecular weight excluding hydrogens is 336 g/mol. The molecule has 104 valence electrons.